The van der Waals surface area contributed by atoms with Gasteiger partial charge in [0.05, 0.1) is 5.75 Å². The molecular formula is C9H11ClO3S. The molecule has 0 aliphatic rings. The van der Waals surface area contributed by atoms with Crippen molar-refractivity contribution < 1.29 is 14.3 Å². The number of carbonyl (C=O) groups is 1. The molecule has 1 aromatic rings. The zero-order valence-corrected chi connectivity index (χ0v) is 9.48. The van der Waals surface area contributed by atoms with E-state index in [1.54, 1.807) is 26.0 Å². The fourth-order valence-corrected chi connectivity index (χ4v) is 1.69. The number of rotatable bonds is 4. The predicted octanol–water partition coefficient (Wildman–Crippen LogP) is 3.03. The molecule has 0 spiro atoms. The lowest BCUT2D eigenvalue weighted by Gasteiger charge is -2.17. The van der Waals surface area contributed by atoms with Crippen molar-refractivity contribution in [2.75, 3.05) is 0 Å². The molecule has 0 unspecified atom stereocenters. The van der Waals surface area contributed by atoms with Crippen molar-refractivity contribution in [2.24, 2.45) is 0 Å². The molecule has 0 aliphatic heterocycles. The average Bonchev–Trinajstić information content (AvgIpc) is 2.48. The number of carboxylic acids is 1. The summed E-state index contributed by atoms with van der Waals surface area (Å²) in [6, 6.07) is 3.39. The van der Waals surface area contributed by atoms with Gasteiger partial charge in [0.25, 0.3) is 0 Å². The minimum Gasteiger partial charge on any atom is -0.480 e. The molecular weight excluding hydrogens is 224 g/mol. The summed E-state index contributed by atoms with van der Waals surface area (Å²) in [5, 5.41) is 9.17. The molecule has 1 heterocycles. The first-order valence-electron chi connectivity index (χ1n) is 4.03. The maximum absolute atomic E-state index is 10.8. The Morgan fingerprint density at radius 2 is 2.29 bits per heavy atom. The number of thioether (sulfide) groups is 1. The third-order valence-corrected chi connectivity index (χ3v) is 3.25. The van der Waals surface area contributed by atoms with E-state index < -0.39 is 10.7 Å². The topological polar surface area (TPSA) is 50.4 Å². The minimum absolute atomic E-state index is 0.328. The van der Waals surface area contributed by atoms with E-state index in [9.17, 15) is 4.79 Å². The third kappa shape index (κ3) is 2.96. The molecule has 78 valence electrons. The molecule has 1 aromatic heterocycles. The summed E-state index contributed by atoms with van der Waals surface area (Å²) in [6.07, 6.45) is 0. The van der Waals surface area contributed by atoms with Crippen LogP contribution >= 0.6 is 23.4 Å². The van der Waals surface area contributed by atoms with Crippen molar-refractivity contribution in [2.45, 2.75) is 24.3 Å². The SMILES string of the molecule is CC(C)(SCc1ccc(Cl)o1)C(=O)O. The van der Waals surface area contributed by atoms with Crippen molar-refractivity contribution in [3.63, 3.8) is 0 Å². The second-order valence-electron chi connectivity index (χ2n) is 3.31. The molecule has 0 aliphatic carbocycles. The van der Waals surface area contributed by atoms with Crippen LogP contribution in [0.15, 0.2) is 16.5 Å². The Morgan fingerprint density at radius 1 is 1.64 bits per heavy atom. The summed E-state index contributed by atoms with van der Waals surface area (Å²) >= 11 is 6.88. The smallest absolute Gasteiger partial charge is 0.319 e. The first-order valence-corrected chi connectivity index (χ1v) is 5.40. The van der Waals surface area contributed by atoms with Crippen LogP contribution < -0.4 is 0 Å². The fraction of sp³-hybridized carbons (Fsp3) is 0.444. The number of hydrogen-bond donors (Lipinski definition) is 1. The highest BCUT2D eigenvalue weighted by molar-refractivity contribution is 8.00. The molecule has 0 fully saturated rings. The summed E-state index contributed by atoms with van der Waals surface area (Å²) < 4.78 is 4.30. The molecule has 1 N–H and O–H groups in total. The van der Waals surface area contributed by atoms with Gasteiger partial charge in [-0.2, -0.15) is 0 Å². The molecule has 0 amide bonds. The Bertz CT molecular complexity index is 333. The largest absolute Gasteiger partial charge is 0.480 e. The van der Waals surface area contributed by atoms with Gasteiger partial charge in [-0.05, 0) is 37.6 Å². The molecule has 5 heteroatoms. The van der Waals surface area contributed by atoms with Gasteiger partial charge in [0.1, 0.15) is 10.5 Å². The van der Waals surface area contributed by atoms with E-state index in [2.05, 4.69) is 0 Å². The van der Waals surface area contributed by atoms with Crippen LogP contribution in [0, 0.1) is 0 Å². The monoisotopic (exact) mass is 234 g/mol. The van der Waals surface area contributed by atoms with Gasteiger partial charge in [-0.1, -0.05) is 0 Å². The van der Waals surface area contributed by atoms with E-state index in [-0.39, 0.29) is 0 Å². The second-order valence-corrected chi connectivity index (χ2v) is 5.28. The van der Waals surface area contributed by atoms with E-state index in [1.165, 1.54) is 11.8 Å². The summed E-state index contributed by atoms with van der Waals surface area (Å²) in [5.74, 6) is 0.362. The third-order valence-electron chi connectivity index (χ3n) is 1.72. The van der Waals surface area contributed by atoms with Crippen molar-refractivity contribution in [3.8, 4) is 0 Å². The van der Waals surface area contributed by atoms with Gasteiger partial charge >= 0.3 is 5.97 Å². The standard InChI is InChI=1S/C9H11ClO3S/c1-9(2,8(11)12)14-5-6-3-4-7(10)13-6/h3-4H,5H2,1-2H3,(H,11,12). The van der Waals surface area contributed by atoms with Crippen LogP contribution in [-0.2, 0) is 10.5 Å². The first kappa shape index (κ1) is 11.5. The summed E-state index contributed by atoms with van der Waals surface area (Å²) in [5.41, 5.74) is 0. The van der Waals surface area contributed by atoms with Crippen LogP contribution in [0.25, 0.3) is 0 Å². The fourth-order valence-electron chi connectivity index (χ4n) is 0.743. The van der Waals surface area contributed by atoms with Gasteiger partial charge in [0.2, 0.25) is 0 Å². The Labute approximate surface area is 91.4 Å². The van der Waals surface area contributed by atoms with Gasteiger partial charge in [0, 0.05) is 0 Å². The number of furan rings is 1. The lowest BCUT2D eigenvalue weighted by Crippen LogP contribution is -2.27. The van der Waals surface area contributed by atoms with Crippen molar-refractivity contribution in [1.29, 1.82) is 0 Å². The van der Waals surface area contributed by atoms with Gasteiger partial charge in [-0.3, -0.25) is 4.79 Å². The molecule has 0 radical (unpaired) electrons. The average molecular weight is 235 g/mol. The van der Waals surface area contributed by atoms with Crippen LogP contribution in [-0.4, -0.2) is 15.8 Å². The first-order chi connectivity index (χ1) is 6.42. The van der Waals surface area contributed by atoms with Gasteiger partial charge in [0.15, 0.2) is 5.22 Å². The zero-order chi connectivity index (χ0) is 10.8. The highest BCUT2D eigenvalue weighted by Crippen LogP contribution is 2.29. The van der Waals surface area contributed by atoms with Gasteiger partial charge in [-0.25, -0.2) is 0 Å². The van der Waals surface area contributed by atoms with E-state index in [1.807, 2.05) is 0 Å². The van der Waals surface area contributed by atoms with E-state index in [0.29, 0.717) is 16.7 Å². The summed E-state index contributed by atoms with van der Waals surface area (Å²) in [6.45, 7) is 3.31. The highest BCUT2D eigenvalue weighted by atomic mass is 35.5. The Morgan fingerprint density at radius 3 is 2.71 bits per heavy atom. The van der Waals surface area contributed by atoms with Crippen LogP contribution in [0.1, 0.15) is 19.6 Å². The molecule has 3 nitrogen and oxygen atoms in total. The maximum atomic E-state index is 10.8. The normalized spacial score (nSPS) is 11.6. The van der Waals surface area contributed by atoms with Gasteiger partial charge in [-0.15, -0.1) is 11.8 Å². The minimum atomic E-state index is -0.833. The highest BCUT2D eigenvalue weighted by Gasteiger charge is 2.27. The van der Waals surface area contributed by atoms with Crippen LogP contribution in [0.2, 0.25) is 5.22 Å². The van der Waals surface area contributed by atoms with Crippen LogP contribution in [0.3, 0.4) is 0 Å². The number of halogens is 1. The van der Waals surface area contributed by atoms with Gasteiger partial charge < -0.3 is 9.52 Å². The zero-order valence-electron chi connectivity index (χ0n) is 7.91. The molecule has 14 heavy (non-hydrogen) atoms. The Hall–Kier alpha value is -0.610. The number of aliphatic carboxylic acids is 1. The molecule has 0 atom stereocenters. The van der Waals surface area contributed by atoms with Crippen molar-refractivity contribution in [1.82, 2.24) is 0 Å². The Balaban J connectivity index is 2.52. The molecule has 0 aromatic carbocycles. The van der Waals surface area contributed by atoms with E-state index in [0.717, 1.165) is 0 Å². The second kappa shape index (κ2) is 4.28. The Kier molecular flexibility index (Phi) is 3.50. The lowest BCUT2D eigenvalue weighted by molar-refractivity contribution is -0.138. The quantitative estimate of drug-likeness (QED) is 0.870. The van der Waals surface area contributed by atoms with Crippen molar-refractivity contribution in [3.05, 3.63) is 23.1 Å². The number of hydrogen-bond acceptors (Lipinski definition) is 3. The predicted molar refractivity (Wildman–Crippen MR) is 56.7 cm³/mol. The van der Waals surface area contributed by atoms with E-state index in [4.69, 9.17) is 21.1 Å². The van der Waals surface area contributed by atoms with E-state index >= 15 is 0 Å². The molecule has 1 rings (SSSR count). The maximum Gasteiger partial charge on any atom is 0.319 e. The summed E-state index contributed by atoms with van der Waals surface area (Å²) in [4.78, 5) is 10.8. The lowest BCUT2D eigenvalue weighted by atomic mass is 10.2. The molecule has 0 bridgehead atoms. The molecule has 0 saturated heterocycles. The van der Waals surface area contributed by atoms with Crippen LogP contribution in [0.4, 0.5) is 0 Å². The van der Waals surface area contributed by atoms with Crippen LogP contribution in [0.5, 0.6) is 0 Å². The summed E-state index contributed by atoms with van der Waals surface area (Å²) in [7, 11) is 0. The number of carboxylic acid groups (broad SMARTS) is 1. The molecule has 0 saturated carbocycles. The van der Waals surface area contributed by atoms with Crippen molar-refractivity contribution >= 4 is 29.3 Å².